The van der Waals surface area contributed by atoms with E-state index in [-0.39, 0.29) is 11.2 Å². The molecule has 0 spiro atoms. The number of rotatable bonds is 5. The average molecular weight is 276 g/mol. The lowest BCUT2D eigenvalue weighted by atomic mass is 9.87. The molecule has 0 amide bonds. The van der Waals surface area contributed by atoms with Gasteiger partial charge in [0, 0.05) is 12.6 Å². The van der Waals surface area contributed by atoms with E-state index in [1.165, 1.54) is 0 Å². The molecule has 0 radical (unpaired) electrons. The standard InChI is InChI=1S/C13H28N2O2S/c1-13(2,3)8-9-18(16,17)15-10-11-4-6-12(14)7-5-11/h11-12,15H,4-10,14H2,1-3H3. The Balaban J connectivity index is 2.29. The second-order valence-corrected chi connectivity index (χ2v) is 8.69. The third-order valence-electron chi connectivity index (χ3n) is 3.60. The average Bonchev–Trinajstić information content (AvgIpc) is 2.25. The molecule has 0 aromatic heterocycles. The molecule has 5 heteroatoms. The number of nitrogens with one attached hydrogen (secondary N) is 1. The Morgan fingerprint density at radius 1 is 1.17 bits per heavy atom. The van der Waals surface area contributed by atoms with Crippen molar-refractivity contribution in [2.75, 3.05) is 12.3 Å². The van der Waals surface area contributed by atoms with Crippen LogP contribution in [0.25, 0.3) is 0 Å². The highest BCUT2D eigenvalue weighted by molar-refractivity contribution is 7.89. The molecule has 0 aromatic carbocycles. The predicted octanol–water partition coefficient (Wildman–Crippen LogP) is 1.86. The van der Waals surface area contributed by atoms with Crippen molar-refractivity contribution in [3.63, 3.8) is 0 Å². The molecular formula is C13H28N2O2S. The molecule has 0 aliphatic heterocycles. The maximum Gasteiger partial charge on any atom is 0.211 e. The molecule has 1 fully saturated rings. The summed E-state index contributed by atoms with van der Waals surface area (Å²) >= 11 is 0. The van der Waals surface area contributed by atoms with Gasteiger partial charge in [-0.3, -0.25) is 0 Å². The Morgan fingerprint density at radius 3 is 2.22 bits per heavy atom. The van der Waals surface area contributed by atoms with Gasteiger partial charge in [0.25, 0.3) is 0 Å². The van der Waals surface area contributed by atoms with Crippen LogP contribution >= 0.6 is 0 Å². The number of nitrogens with two attached hydrogens (primary N) is 1. The monoisotopic (exact) mass is 276 g/mol. The molecule has 1 aliphatic carbocycles. The summed E-state index contributed by atoms with van der Waals surface area (Å²) < 4.78 is 26.4. The summed E-state index contributed by atoms with van der Waals surface area (Å²) in [5.74, 6) is 0.692. The van der Waals surface area contributed by atoms with Crippen LogP contribution in [0.1, 0.15) is 52.9 Å². The van der Waals surface area contributed by atoms with Gasteiger partial charge in [-0.2, -0.15) is 0 Å². The van der Waals surface area contributed by atoms with E-state index in [0.717, 1.165) is 25.7 Å². The minimum absolute atomic E-state index is 0.0619. The predicted molar refractivity (Wildman–Crippen MR) is 75.8 cm³/mol. The second-order valence-electron chi connectivity index (χ2n) is 6.76. The van der Waals surface area contributed by atoms with Crippen molar-refractivity contribution in [2.45, 2.75) is 58.9 Å². The highest BCUT2D eigenvalue weighted by atomic mass is 32.2. The molecule has 0 aromatic rings. The molecule has 0 bridgehead atoms. The van der Waals surface area contributed by atoms with Crippen molar-refractivity contribution in [2.24, 2.45) is 17.1 Å². The third kappa shape index (κ3) is 6.71. The normalized spacial score (nSPS) is 26.2. The van der Waals surface area contributed by atoms with Crippen molar-refractivity contribution in [1.29, 1.82) is 0 Å². The zero-order valence-corrected chi connectivity index (χ0v) is 12.7. The van der Waals surface area contributed by atoms with Crippen LogP contribution in [0.15, 0.2) is 0 Å². The van der Waals surface area contributed by atoms with Gasteiger partial charge in [-0.25, -0.2) is 13.1 Å². The van der Waals surface area contributed by atoms with Crippen LogP contribution in [-0.4, -0.2) is 26.8 Å². The molecule has 1 aliphatic rings. The van der Waals surface area contributed by atoms with Crippen LogP contribution in [0.5, 0.6) is 0 Å². The SMILES string of the molecule is CC(C)(C)CCS(=O)(=O)NCC1CCC(N)CC1. The summed E-state index contributed by atoms with van der Waals surface area (Å²) in [6.45, 7) is 6.76. The van der Waals surface area contributed by atoms with Gasteiger partial charge in [-0.15, -0.1) is 0 Å². The first-order valence-electron chi connectivity index (χ1n) is 6.91. The fourth-order valence-corrected chi connectivity index (χ4v) is 3.66. The fourth-order valence-electron chi connectivity index (χ4n) is 2.15. The summed E-state index contributed by atoms with van der Waals surface area (Å²) in [6.07, 6.45) is 4.83. The Bertz CT molecular complexity index is 338. The molecule has 0 heterocycles. The lowest BCUT2D eigenvalue weighted by Gasteiger charge is -2.26. The Kier molecular flexibility index (Phi) is 5.62. The van der Waals surface area contributed by atoms with Gasteiger partial charge in [-0.1, -0.05) is 20.8 Å². The highest BCUT2D eigenvalue weighted by Gasteiger charge is 2.21. The quantitative estimate of drug-likeness (QED) is 0.805. The van der Waals surface area contributed by atoms with E-state index in [9.17, 15) is 8.42 Å². The molecule has 0 atom stereocenters. The highest BCUT2D eigenvalue weighted by Crippen LogP contribution is 2.23. The Hall–Kier alpha value is -0.130. The van der Waals surface area contributed by atoms with Crippen molar-refractivity contribution in [3.05, 3.63) is 0 Å². The molecular weight excluding hydrogens is 248 g/mol. The van der Waals surface area contributed by atoms with Crippen LogP contribution in [-0.2, 0) is 10.0 Å². The smallest absolute Gasteiger partial charge is 0.211 e. The van der Waals surface area contributed by atoms with Crippen LogP contribution in [0.3, 0.4) is 0 Å². The fraction of sp³-hybridized carbons (Fsp3) is 1.00. The van der Waals surface area contributed by atoms with Crippen LogP contribution < -0.4 is 10.5 Å². The van der Waals surface area contributed by atoms with Gasteiger partial charge in [0.1, 0.15) is 0 Å². The summed E-state index contributed by atoms with van der Waals surface area (Å²) in [5, 5.41) is 0. The molecule has 0 unspecified atom stereocenters. The maximum atomic E-state index is 11.8. The van der Waals surface area contributed by atoms with Crippen molar-refractivity contribution in [1.82, 2.24) is 4.72 Å². The first-order valence-corrected chi connectivity index (χ1v) is 8.56. The number of hydrogen-bond donors (Lipinski definition) is 2. The van der Waals surface area contributed by atoms with Crippen molar-refractivity contribution >= 4 is 10.0 Å². The lowest BCUT2D eigenvalue weighted by molar-refractivity contribution is 0.325. The first kappa shape index (κ1) is 15.9. The van der Waals surface area contributed by atoms with Crippen LogP contribution in [0.4, 0.5) is 0 Å². The minimum atomic E-state index is -3.11. The van der Waals surface area contributed by atoms with E-state index in [2.05, 4.69) is 25.5 Å². The molecule has 1 saturated carbocycles. The molecule has 1 rings (SSSR count). The largest absolute Gasteiger partial charge is 0.328 e. The van der Waals surface area contributed by atoms with E-state index in [1.807, 2.05) is 0 Å². The second kappa shape index (κ2) is 6.35. The van der Waals surface area contributed by atoms with Gasteiger partial charge >= 0.3 is 0 Å². The van der Waals surface area contributed by atoms with Gasteiger partial charge in [0.2, 0.25) is 10.0 Å². The summed E-state index contributed by atoms with van der Waals surface area (Å²) in [6, 6.07) is 0.318. The van der Waals surface area contributed by atoms with Crippen LogP contribution in [0, 0.1) is 11.3 Å². The van der Waals surface area contributed by atoms with Gasteiger partial charge < -0.3 is 5.73 Å². The summed E-state index contributed by atoms with van der Waals surface area (Å²) in [4.78, 5) is 0. The first-order chi connectivity index (χ1) is 8.18. The molecule has 108 valence electrons. The number of sulfonamides is 1. The molecule has 4 nitrogen and oxygen atoms in total. The van der Waals surface area contributed by atoms with Gasteiger partial charge in [-0.05, 0) is 43.4 Å². The maximum absolute atomic E-state index is 11.8. The minimum Gasteiger partial charge on any atom is -0.328 e. The lowest BCUT2D eigenvalue weighted by Crippen LogP contribution is -2.35. The van der Waals surface area contributed by atoms with E-state index >= 15 is 0 Å². The zero-order chi connectivity index (χ0) is 13.8. The molecule has 3 N–H and O–H groups in total. The molecule has 18 heavy (non-hydrogen) atoms. The van der Waals surface area contributed by atoms with E-state index in [4.69, 9.17) is 5.73 Å². The summed E-state index contributed by atoms with van der Waals surface area (Å²) in [7, 11) is -3.11. The van der Waals surface area contributed by atoms with Crippen molar-refractivity contribution in [3.8, 4) is 0 Å². The molecule has 0 saturated heterocycles. The van der Waals surface area contributed by atoms with E-state index < -0.39 is 10.0 Å². The van der Waals surface area contributed by atoms with Crippen LogP contribution in [0.2, 0.25) is 0 Å². The van der Waals surface area contributed by atoms with Crippen molar-refractivity contribution < 1.29 is 8.42 Å². The zero-order valence-electron chi connectivity index (χ0n) is 11.9. The topological polar surface area (TPSA) is 72.2 Å². The van der Waals surface area contributed by atoms with Gasteiger partial charge in [0.05, 0.1) is 5.75 Å². The summed E-state index contributed by atoms with van der Waals surface area (Å²) in [5.41, 5.74) is 5.90. The van der Waals surface area contributed by atoms with Gasteiger partial charge in [0.15, 0.2) is 0 Å². The Labute approximate surface area is 112 Å². The third-order valence-corrected chi connectivity index (χ3v) is 4.95. The Morgan fingerprint density at radius 2 is 1.72 bits per heavy atom. The van der Waals surface area contributed by atoms with E-state index in [1.54, 1.807) is 0 Å². The number of hydrogen-bond acceptors (Lipinski definition) is 3. The van der Waals surface area contributed by atoms with E-state index in [0.29, 0.717) is 24.9 Å².